The molecule has 6 amide bonds. The molecule has 3 rings (SSSR count). The van der Waals surface area contributed by atoms with Gasteiger partial charge in [-0.3, -0.25) is 29.9 Å². The van der Waals surface area contributed by atoms with E-state index in [1.54, 1.807) is 0 Å². The number of aldehydes is 1. The van der Waals surface area contributed by atoms with Crippen LogP contribution in [0.2, 0.25) is 0 Å². The summed E-state index contributed by atoms with van der Waals surface area (Å²) in [6, 6.07) is 1.97. The number of amides is 6. The molecule has 1 aromatic carbocycles. The van der Waals surface area contributed by atoms with Gasteiger partial charge in [0.2, 0.25) is 11.8 Å². The number of urea groups is 1. The van der Waals surface area contributed by atoms with Gasteiger partial charge in [0.1, 0.15) is 12.3 Å². The Morgan fingerprint density at radius 3 is 2.39 bits per heavy atom. The van der Waals surface area contributed by atoms with Crippen LogP contribution in [0.5, 0.6) is 0 Å². The highest BCUT2D eigenvalue weighted by molar-refractivity contribution is 5.97. The van der Waals surface area contributed by atoms with Gasteiger partial charge >= 0.3 is 18.1 Å². The predicted molar refractivity (Wildman–Crippen MR) is 119 cm³/mol. The zero-order chi connectivity index (χ0) is 26.4. The molecule has 0 aliphatic carbocycles. The molecular formula is C21H24N6O9. The molecule has 2 fully saturated rings. The van der Waals surface area contributed by atoms with Crippen LogP contribution < -0.4 is 16.1 Å². The maximum absolute atomic E-state index is 13.3. The standard InChI is InChI=1S/C21H24N6O9/c28-11-14(10-17(30)31)22-19(33)15-2-1-8-26-16(29)7-9-25(21(36)27(15)26)24-18(32)12-3-5-13(6-4-12)23-20(34)35/h3-6,11,14-15,23H,1-2,7-10H2,(H,22,33)(H,24,32)(H,30,31)(H,34,35). The number of benzene rings is 1. The van der Waals surface area contributed by atoms with E-state index >= 15 is 0 Å². The largest absolute Gasteiger partial charge is 0.481 e. The molecule has 36 heavy (non-hydrogen) atoms. The van der Waals surface area contributed by atoms with Gasteiger partial charge in [-0.25, -0.2) is 24.6 Å². The van der Waals surface area contributed by atoms with E-state index in [9.17, 15) is 33.6 Å². The lowest BCUT2D eigenvalue weighted by molar-refractivity contribution is -0.155. The fraction of sp³-hybridized carbons (Fsp3) is 0.381. The number of hydrogen-bond donors (Lipinski definition) is 5. The van der Waals surface area contributed by atoms with E-state index in [2.05, 4.69) is 16.1 Å². The summed E-state index contributed by atoms with van der Waals surface area (Å²) < 4.78 is 0. The molecule has 0 spiro atoms. The molecule has 2 aliphatic heterocycles. The smallest absolute Gasteiger partial charge is 0.409 e. The fourth-order valence-electron chi connectivity index (χ4n) is 3.83. The second-order valence-corrected chi connectivity index (χ2v) is 8.00. The highest BCUT2D eigenvalue weighted by atomic mass is 16.4. The zero-order valence-electron chi connectivity index (χ0n) is 18.9. The highest BCUT2D eigenvalue weighted by Gasteiger charge is 2.44. The van der Waals surface area contributed by atoms with Crippen LogP contribution in [-0.4, -0.2) is 92.5 Å². The Bertz CT molecular complexity index is 1080. The first kappa shape index (κ1) is 25.9. The summed E-state index contributed by atoms with van der Waals surface area (Å²) in [5, 5.41) is 25.0. The summed E-state index contributed by atoms with van der Waals surface area (Å²) in [4.78, 5) is 84.4. The number of rotatable bonds is 8. The Kier molecular flexibility index (Phi) is 8.03. The summed E-state index contributed by atoms with van der Waals surface area (Å²) in [5.74, 6) is -3.29. The van der Waals surface area contributed by atoms with Crippen molar-refractivity contribution < 1.29 is 43.8 Å². The van der Waals surface area contributed by atoms with Crippen molar-refractivity contribution in [3.8, 4) is 0 Å². The van der Waals surface area contributed by atoms with Crippen LogP contribution in [0.1, 0.15) is 36.0 Å². The number of hydrogen-bond acceptors (Lipinski definition) is 7. The van der Waals surface area contributed by atoms with Crippen molar-refractivity contribution in [1.29, 1.82) is 0 Å². The quantitative estimate of drug-likeness (QED) is 0.292. The van der Waals surface area contributed by atoms with Crippen LogP contribution in [0.15, 0.2) is 24.3 Å². The van der Waals surface area contributed by atoms with E-state index < -0.39 is 54.3 Å². The minimum atomic E-state index is -1.32. The average molecular weight is 504 g/mol. The molecule has 15 nitrogen and oxygen atoms in total. The van der Waals surface area contributed by atoms with Gasteiger partial charge in [-0.2, -0.15) is 0 Å². The van der Waals surface area contributed by atoms with Crippen molar-refractivity contribution in [3.05, 3.63) is 29.8 Å². The van der Waals surface area contributed by atoms with Crippen molar-refractivity contribution in [2.75, 3.05) is 18.4 Å². The number of nitrogens with one attached hydrogen (secondary N) is 3. The third-order valence-electron chi connectivity index (χ3n) is 5.49. The molecule has 15 heteroatoms. The minimum Gasteiger partial charge on any atom is -0.481 e. The third-order valence-corrected chi connectivity index (χ3v) is 5.49. The van der Waals surface area contributed by atoms with Crippen molar-refractivity contribution in [3.63, 3.8) is 0 Å². The summed E-state index contributed by atoms with van der Waals surface area (Å²) >= 11 is 0. The SMILES string of the molecule is O=CC(CC(=O)O)NC(=O)C1CCCN2C(=O)CCN(NC(=O)c3ccc(NC(=O)O)cc3)C(=O)N12. The van der Waals surface area contributed by atoms with E-state index in [1.807, 2.05) is 0 Å². The lowest BCUT2D eigenvalue weighted by Gasteiger charge is -2.42. The number of hydrazine groups is 2. The molecule has 192 valence electrons. The fourth-order valence-corrected chi connectivity index (χ4v) is 3.83. The molecule has 5 N–H and O–H groups in total. The van der Waals surface area contributed by atoms with Gasteiger partial charge in [-0.15, -0.1) is 0 Å². The number of anilines is 1. The molecular weight excluding hydrogens is 480 g/mol. The van der Waals surface area contributed by atoms with Crippen LogP contribution in [0, 0.1) is 0 Å². The lowest BCUT2D eigenvalue weighted by atomic mass is 10.1. The molecule has 2 aliphatic rings. The lowest BCUT2D eigenvalue weighted by Crippen LogP contribution is -2.64. The maximum Gasteiger partial charge on any atom is 0.409 e. The molecule has 2 heterocycles. The number of nitrogens with zero attached hydrogens (tertiary/aromatic N) is 3. The Labute approximate surface area is 203 Å². The molecule has 0 aromatic heterocycles. The van der Waals surface area contributed by atoms with Crippen molar-refractivity contribution >= 4 is 47.8 Å². The van der Waals surface area contributed by atoms with Crippen molar-refractivity contribution in [1.82, 2.24) is 25.8 Å². The first-order chi connectivity index (χ1) is 17.1. The molecule has 2 saturated heterocycles. The van der Waals surface area contributed by atoms with Crippen molar-refractivity contribution in [2.24, 2.45) is 0 Å². The van der Waals surface area contributed by atoms with Crippen LogP contribution >= 0.6 is 0 Å². The van der Waals surface area contributed by atoms with Gasteiger partial charge < -0.3 is 20.3 Å². The number of carbonyl (C=O) groups excluding carboxylic acids is 5. The van der Waals surface area contributed by atoms with Gasteiger partial charge in [0, 0.05) is 24.2 Å². The molecule has 0 radical (unpaired) electrons. The normalized spacial score (nSPS) is 18.4. The molecule has 2 unspecified atom stereocenters. The monoisotopic (exact) mass is 504 g/mol. The van der Waals surface area contributed by atoms with Gasteiger partial charge in [0.15, 0.2) is 0 Å². The van der Waals surface area contributed by atoms with E-state index in [-0.39, 0.29) is 43.5 Å². The van der Waals surface area contributed by atoms with Gasteiger partial charge in [-0.05, 0) is 37.1 Å². The number of carboxylic acid groups (broad SMARTS) is 2. The van der Waals surface area contributed by atoms with Gasteiger partial charge in [0.05, 0.1) is 19.0 Å². The summed E-state index contributed by atoms with van der Waals surface area (Å²) in [6.45, 7) is -0.0280. The predicted octanol–water partition coefficient (Wildman–Crippen LogP) is -0.387. The number of carbonyl (C=O) groups is 7. The second-order valence-electron chi connectivity index (χ2n) is 8.00. The molecule has 1 aromatic rings. The highest BCUT2D eigenvalue weighted by Crippen LogP contribution is 2.24. The van der Waals surface area contributed by atoms with Crippen LogP contribution in [-0.2, 0) is 19.2 Å². The van der Waals surface area contributed by atoms with E-state index in [0.29, 0.717) is 6.42 Å². The van der Waals surface area contributed by atoms with Crippen molar-refractivity contribution in [2.45, 2.75) is 37.8 Å². The Morgan fingerprint density at radius 1 is 1.08 bits per heavy atom. The number of carboxylic acids is 1. The van der Waals surface area contributed by atoms with E-state index in [1.165, 1.54) is 24.3 Å². The minimum absolute atomic E-state index is 0.0987. The van der Waals surface area contributed by atoms with Gasteiger partial charge in [0.25, 0.3) is 5.91 Å². The first-order valence-corrected chi connectivity index (χ1v) is 10.9. The third kappa shape index (κ3) is 6.05. The summed E-state index contributed by atoms with van der Waals surface area (Å²) in [5.41, 5.74) is 2.72. The summed E-state index contributed by atoms with van der Waals surface area (Å²) in [6.07, 6.45) is -1.29. The number of aliphatic carboxylic acids is 1. The maximum atomic E-state index is 13.3. The molecule has 0 saturated carbocycles. The Morgan fingerprint density at radius 2 is 1.78 bits per heavy atom. The number of fused-ring (bicyclic) bond motifs is 1. The van der Waals surface area contributed by atoms with Crippen LogP contribution in [0.4, 0.5) is 15.3 Å². The topological polar surface area (TPSA) is 206 Å². The van der Waals surface area contributed by atoms with Crippen LogP contribution in [0.25, 0.3) is 0 Å². The average Bonchev–Trinajstić information content (AvgIpc) is 2.95. The molecule has 0 bridgehead atoms. The van der Waals surface area contributed by atoms with Gasteiger partial charge in [-0.1, -0.05) is 0 Å². The second kappa shape index (κ2) is 11.2. The zero-order valence-corrected chi connectivity index (χ0v) is 18.9. The Balaban J connectivity index is 1.77. The Hall–Kier alpha value is -4.69. The van der Waals surface area contributed by atoms with E-state index in [4.69, 9.17) is 10.2 Å². The first-order valence-electron chi connectivity index (χ1n) is 10.9. The summed E-state index contributed by atoms with van der Waals surface area (Å²) in [7, 11) is 0. The van der Waals surface area contributed by atoms with Crippen LogP contribution in [0.3, 0.4) is 0 Å². The van der Waals surface area contributed by atoms with E-state index in [0.717, 1.165) is 15.0 Å². The molecule has 2 atom stereocenters.